The lowest BCUT2D eigenvalue weighted by atomic mass is 9.87. The van der Waals surface area contributed by atoms with Crippen molar-refractivity contribution in [1.29, 1.82) is 0 Å². The standard InChI is InChI=1S/C11H22N2O4/c1-7(2)8(14)16-9(3)5-10(4,12)17-11(13,15)6-9/h7,15H,5-6,12-13H2,1-4H3. The van der Waals surface area contributed by atoms with Crippen LogP contribution < -0.4 is 11.5 Å². The van der Waals surface area contributed by atoms with Crippen molar-refractivity contribution in [2.75, 3.05) is 0 Å². The molecule has 6 heteroatoms. The van der Waals surface area contributed by atoms with Crippen molar-refractivity contribution < 1.29 is 19.4 Å². The third kappa shape index (κ3) is 3.92. The summed E-state index contributed by atoms with van der Waals surface area (Å²) in [6, 6.07) is 0. The lowest BCUT2D eigenvalue weighted by Gasteiger charge is -2.47. The molecule has 0 aromatic carbocycles. The van der Waals surface area contributed by atoms with E-state index in [0.29, 0.717) is 0 Å². The molecule has 1 rings (SSSR count). The minimum absolute atomic E-state index is 0.00868. The first-order valence-corrected chi connectivity index (χ1v) is 5.68. The molecule has 0 aromatic rings. The molecule has 1 aliphatic rings. The number of rotatable bonds is 2. The largest absolute Gasteiger partial charge is 0.459 e. The summed E-state index contributed by atoms with van der Waals surface area (Å²) in [5.74, 6) is -2.47. The van der Waals surface area contributed by atoms with E-state index in [2.05, 4.69) is 0 Å². The Balaban J connectivity index is 2.84. The average Bonchev–Trinajstić information content (AvgIpc) is 1.94. The fourth-order valence-electron chi connectivity index (χ4n) is 2.25. The quantitative estimate of drug-likeness (QED) is 0.469. The zero-order valence-corrected chi connectivity index (χ0v) is 10.8. The molecule has 100 valence electrons. The van der Waals surface area contributed by atoms with E-state index in [1.165, 1.54) is 0 Å². The number of carbonyl (C=O) groups excluding carboxylic acids is 1. The second-order valence-corrected chi connectivity index (χ2v) is 5.64. The molecule has 17 heavy (non-hydrogen) atoms. The highest BCUT2D eigenvalue weighted by Gasteiger charge is 2.50. The van der Waals surface area contributed by atoms with Gasteiger partial charge in [-0.05, 0) is 13.8 Å². The highest BCUT2D eigenvalue weighted by Crippen LogP contribution is 2.38. The molecule has 1 heterocycles. The number of carbonyl (C=O) groups is 1. The molecule has 0 amide bonds. The highest BCUT2D eigenvalue weighted by atomic mass is 16.7. The van der Waals surface area contributed by atoms with Gasteiger partial charge in [-0.3, -0.25) is 10.5 Å². The molecule has 0 aromatic heterocycles. The van der Waals surface area contributed by atoms with Crippen LogP contribution in [-0.2, 0) is 14.3 Å². The zero-order chi connectivity index (χ0) is 13.5. The van der Waals surface area contributed by atoms with Crippen molar-refractivity contribution in [3.8, 4) is 0 Å². The Bertz CT molecular complexity index is 297. The fraction of sp³-hybridized carbons (Fsp3) is 0.909. The third-order valence-electron chi connectivity index (χ3n) is 2.58. The van der Waals surface area contributed by atoms with Gasteiger partial charge in [0.1, 0.15) is 11.3 Å². The predicted octanol–water partition coefficient (Wildman–Crippen LogP) is 0.0344. The molecule has 1 aliphatic heterocycles. The predicted molar refractivity (Wildman–Crippen MR) is 61.4 cm³/mol. The number of aliphatic hydroxyl groups is 1. The van der Waals surface area contributed by atoms with Crippen LogP contribution in [0.2, 0.25) is 0 Å². The summed E-state index contributed by atoms with van der Waals surface area (Å²) in [6.45, 7) is 6.76. The van der Waals surface area contributed by atoms with Crippen LogP contribution in [-0.4, -0.2) is 28.3 Å². The lowest BCUT2D eigenvalue weighted by Crippen LogP contribution is -2.64. The average molecular weight is 246 g/mol. The van der Waals surface area contributed by atoms with Crippen LogP contribution in [0.15, 0.2) is 0 Å². The van der Waals surface area contributed by atoms with E-state index in [9.17, 15) is 9.90 Å². The summed E-state index contributed by atoms with van der Waals surface area (Å²) in [7, 11) is 0. The minimum atomic E-state index is -1.88. The maximum atomic E-state index is 11.6. The number of ether oxygens (including phenoxy) is 2. The Morgan fingerprint density at radius 1 is 1.35 bits per heavy atom. The molecule has 5 N–H and O–H groups in total. The second kappa shape index (κ2) is 4.20. The summed E-state index contributed by atoms with van der Waals surface area (Å²) >= 11 is 0. The first-order chi connectivity index (χ1) is 7.45. The van der Waals surface area contributed by atoms with Crippen LogP contribution in [0.4, 0.5) is 0 Å². The Hall–Kier alpha value is -0.690. The number of hydrogen-bond acceptors (Lipinski definition) is 6. The van der Waals surface area contributed by atoms with Crippen molar-refractivity contribution in [2.24, 2.45) is 17.4 Å². The van der Waals surface area contributed by atoms with Crippen molar-refractivity contribution in [2.45, 2.75) is 57.8 Å². The molecule has 0 bridgehead atoms. The van der Waals surface area contributed by atoms with E-state index in [1.807, 2.05) is 0 Å². The van der Waals surface area contributed by atoms with E-state index in [4.69, 9.17) is 20.9 Å². The van der Waals surface area contributed by atoms with Gasteiger partial charge in [-0.2, -0.15) is 0 Å². The van der Waals surface area contributed by atoms with Gasteiger partial charge in [-0.15, -0.1) is 0 Å². The molecule has 1 fully saturated rings. The van der Waals surface area contributed by atoms with Gasteiger partial charge in [0.05, 0.1) is 12.3 Å². The highest BCUT2D eigenvalue weighted by molar-refractivity contribution is 5.72. The molecule has 0 spiro atoms. The third-order valence-corrected chi connectivity index (χ3v) is 2.58. The summed E-state index contributed by atoms with van der Waals surface area (Å²) in [5, 5.41) is 9.78. The topological polar surface area (TPSA) is 108 Å². The molecule has 3 unspecified atom stereocenters. The SMILES string of the molecule is CC(C)C(=O)OC1(C)CC(C)(N)OC(N)(O)C1. The van der Waals surface area contributed by atoms with E-state index in [1.54, 1.807) is 27.7 Å². The van der Waals surface area contributed by atoms with Gasteiger partial charge in [0.25, 0.3) is 0 Å². The normalized spacial score (nSPS) is 42.6. The van der Waals surface area contributed by atoms with E-state index in [-0.39, 0.29) is 24.7 Å². The van der Waals surface area contributed by atoms with Crippen molar-refractivity contribution in [1.82, 2.24) is 0 Å². The summed E-state index contributed by atoms with van der Waals surface area (Å²) in [6.07, 6.45) is 0.267. The molecule has 0 saturated carbocycles. The maximum Gasteiger partial charge on any atom is 0.308 e. The first-order valence-electron chi connectivity index (χ1n) is 5.68. The van der Waals surface area contributed by atoms with E-state index >= 15 is 0 Å². The maximum absolute atomic E-state index is 11.6. The molecule has 6 nitrogen and oxygen atoms in total. The van der Waals surface area contributed by atoms with Crippen molar-refractivity contribution in [3.63, 3.8) is 0 Å². The molecule has 1 saturated heterocycles. The van der Waals surface area contributed by atoms with Crippen molar-refractivity contribution >= 4 is 5.97 Å². The molecule has 0 aliphatic carbocycles. The smallest absolute Gasteiger partial charge is 0.308 e. The van der Waals surface area contributed by atoms with E-state index in [0.717, 1.165) is 0 Å². The zero-order valence-electron chi connectivity index (χ0n) is 10.8. The van der Waals surface area contributed by atoms with Gasteiger partial charge in [0.2, 0.25) is 5.91 Å². The minimum Gasteiger partial charge on any atom is -0.459 e. The van der Waals surface area contributed by atoms with Crippen LogP contribution in [0, 0.1) is 5.92 Å². The molecule has 3 atom stereocenters. The van der Waals surface area contributed by atoms with Crippen LogP contribution in [0.3, 0.4) is 0 Å². The van der Waals surface area contributed by atoms with Gasteiger partial charge in [-0.25, -0.2) is 0 Å². The number of nitrogens with two attached hydrogens (primary N) is 2. The monoisotopic (exact) mass is 246 g/mol. The van der Waals surface area contributed by atoms with Crippen LogP contribution in [0.25, 0.3) is 0 Å². The van der Waals surface area contributed by atoms with E-state index < -0.39 is 17.2 Å². The summed E-state index contributed by atoms with van der Waals surface area (Å²) in [5.41, 5.74) is 9.31. The molecule has 0 radical (unpaired) electrons. The summed E-state index contributed by atoms with van der Waals surface area (Å²) < 4.78 is 10.5. The number of esters is 1. The van der Waals surface area contributed by atoms with Gasteiger partial charge < -0.3 is 20.3 Å². The Kier molecular flexibility index (Phi) is 3.55. The van der Waals surface area contributed by atoms with Crippen molar-refractivity contribution in [3.05, 3.63) is 0 Å². The summed E-state index contributed by atoms with van der Waals surface area (Å²) in [4.78, 5) is 11.6. The molecular weight excluding hydrogens is 224 g/mol. The van der Waals surface area contributed by atoms with Crippen LogP contribution in [0.1, 0.15) is 40.5 Å². The van der Waals surface area contributed by atoms with Gasteiger partial charge in [0, 0.05) is 6.42 Å². The van der Waals surface area contributed by atoms with Crippen LogP contribution in [0.5, 0.6) is 0 Å². The Morgan fingerprint density at radius 2 is 1.88 bits per heavy atom. The van der Waals surface area contributed by atoms with Gasteiger partial charge in [-0.1, -0.05) is 13.8 Å². The lowest BCUT2D eigenvalue weighted by molar-refractivity contribution is -0.318. The molecular formula is C11H22N2O4. The Labute approximate surface area is 101 Å². The van der Waals surface area contributed by atoms with Gasteiger partial charge >= 0.3 is 5.97 Å². The fourth-order valence-corrected chi connectivity index (χ4v) is 2.25. The van der Waals surface area contributed by atoms with Crippen LogP contribution >= 0.6 is 0 Å². The Morgan fingerprint density at radius 3 is 2.29 bits per heavy atom. The number of hydrogen-bond donors (Lipinski definition) is 3. The first kappa shape index (κ1) is 14.4. The second-order valence-electron chi connectivity index (χ2n) is 5.64. The van der Waals surface area contributed by atoms with Gasteiger partial charge in [0.15, 0.2) is 0 Å².